The summed E-state index contributed by atoms with van der Waals surface area (Å²) in [6, 6.07) is 13.2. The third kappa shape index (κ3) is 4.42. The van der Waals surface area contributed by atoms with Gasteiger partial charge in [-0.2, -0.15) is 0 Å². The zero-order chi connectivity index (χ0) is 29.6. The highest BCUT2D eigenvalue weighted by Crippen LogP contribution is 2.57. The number of nitrogens with zero attached hydrogens (tertiary/aromatic N) is 3. The van der Waals surface area contributed by atoms with Crippen molar-refractivity contribution in [2.75, 3.05) is 42.6 Å². The maximum Gasteiger partial charge on any atom is 0.253 e. The van der Waals surface area contributed by atoms with Crippen LogP contribution in [0, 0.1) is 11.8 Å². The van der Waals surface area contributed by atoms with E-state index in [9.17, 15) is 19.5 Å². The van der Waals surface area contributed by atoms with E-state index in [0.29, 0.717) is 35.3 Å². The number of amides is 3. The summed E-state index contributed by atoms with van der Waals surface area (Å²) >= 11 is 6.11. The van der Waals surface area contributed by atoms with Gasteiger partial charge in [0.1, 0.15) is 17.4 Å². The highest BCUT2D eigenvalue weighted by Gasteiger charge is 2.74. The van der Waals surface area contributed by atoms with Gasteiger partial charge < -0.3 is 29.3 Å². The second kappa shape index (κ2) is 10.9. The van der Waals surface area contributed by atoms with Crippen molar-refractivity contribution < 1.29 is 29.0 Å². The fraction of sp³-hybridized carbons (Fsp3) is 0.406. The minimum absolute atomic E-state index is 0.145. The maximum absolute atomic E-state index is 14.4. The number of hydrogen-bond acceptors (Lipinski definition) is 6. The Kier molecular flexibility index (Phi) is 7.37. The van der Waals surface area contributed by atoms with Crippen LogP contribution in [0.1, 0.15) is 20.3 Å². The number of rotatable bonds is 7. The fourth-order valence-corrected chi connectivity index (χ4v) is 7.10. The van der Waals surface area contributed by atoms with Crippen molar-refractivity contribution in [1.82, 2.24) is 4.90 Å². The van der Waals surface area contributed by atoms with Crippen LogP contribution >= 0.6 is 11.6 Å². The molecule has 0 aliphatic carbocycles. The Labute approximate surface area is 249 Å². The third-order valence-electron chi connectivity index (χ3n) is 8.71. The van der Waals surface area contributed by atoms with E-state index in [1.54, 1.807) is 34.1 Å². The molecule has 2 fully saturated rings. The minimum Gasteiger partial charge on any atom is -0.494 e. The minimum atomic E-state index is -1.37. The number of fused-ring (bicyclic) bond motifs is 2. The summed E-state index contributed by atoms with van der Waals surface area (Å²) in [6.45, 7) is 4.85. The lowest BCUT2D eigenvalue weighted by Gasteiger charge is -2.37. The number of ether oxygens (including phenoxy) is 2. The highest BCUT2D eigenvalue weighted by atomic mass is 35.5. The first kappa shape index (κ1) is 28.5. The Balaban J connectivity index is 1.42. The van der Waals surface area contributed by atoms with Gasteiger partial charge in [0.2, 0.25) is 11.8 Å². The molecule has 4 aliphatic heterocycles. The summed E-state index contributed by atoms with van der Waals surface area (Å²) in [5.41, 5.74) is -1.18. The van der Waals surface area contributed by atoms with Crippen molar-refractivity contribution in [3.63, 3.8) is 0 Å². The Morgan fingerprint density at radius 1 is 0.905 bits per heavy atom. The molecule has 2 saturated heterocycles. The van der Waals surface area contributed by atoms with Gasteiger partial charge >= 0.3 is 0 Å². The lowest BCUT2D eigenvalue weighted by molar-refractivity contribution is -0.144. The zero-order valence-electron chi connectivity index (χ0n) is 23.6. The van der Waals surface area contributed by atoms with Gasteiger partial charge in [0.15, 0.2) is 0 Å². The number of aliphatic hydroxyl groups is 1. The van der Waals surface area contributed by atoms with Crippen molar-refractivity contribution in [3.05, 3.63) is 77.9 Å². The Bertz CT molecular complexity index is 1440. The lowest BCUT2D eigenvalue weighted by Crippen LogP contribution is -2.56. The molecular weight excluding hydrogens is 558 g/mol. The molecule has 3 amide bonds. The molecule has 2 aromatic carbocycles. The van der Waals surface area contributed by atoms with Crippen LogP contribution in [-0.4, -0.2) is 77.8 Å². The molecule has 0 aromatic heterocycles. The Morgan fingerprint density at radius 3 is 2.17 bits per heavy atom. The lowest BCUT2D eigenvalue weighted by atomic mass is 9.74. The second-order valence-electron chi connectivity index (χ2n) is 11.2. The summed E-state index contributed by atoms with van der Waals surface area (Å²) in [7, 11) is 0. The molecule has 9 nitrogen and oxygen atoms in total. The van der Waals surface area contributed by atoms with Gasteiger partial charge in [-0.15, -0.1) is 0 Å². The van der Waals surface area contributed by atoms with E-state index in [1.807, 2.05) is 62.4 Å². The van der Waals surface area contributed by atoms with Crippen LogP contribution in [0.2, 0.25) is 5.02 Å². The topological polar surface area (TPSA) is 99.6 Å². The van der Waals surface area contributed by atoms with E-state index in [-0.39, 0.29) is 43.8 Å². The molecule has 42 heavy (non-hydrogen) atoms. The van der Waals surface area contributed by atoms with E-state index < -0.39 is 29.1 Å². The van der Waals surface area contributed by atoms with Crippen LogP contribution < -0.4 is 14.5 Å². The van der Waals surface area contributed by atoms with Crippen molar-refractivity contribution >= 4 is 40.7 Å². The molecule has 5 atom stereocenters. The van der Waals surface area contributed by atoms with Crippen LogP contribution in [-0.2, 0) is 19.1 Å². The monoisotopic (exact) mass is 591 g/mol. The highest BCUT2D eigenvalue weighted by molar-refractivity contribution is 6.30. The van der Waals surface area contributed by atoms with Crippen LogP contribution in [0.4, 0.5) is 11.4 Å². The zero-order valence-corrected chi connectivity index (χ0v) is 24.4. The molecule has 220 valence electrons. The molecule has 10 heteroatoms. The van der Waals surface area contributed by atoms with Crippen LogP contribution in [0.5, 0.6) is 5.75 Å². The predicted octanol–water partition coefficient (Wildman–Crippen LogP) is 3.60. The average Bonchev–Trinajstić information content (AvgIpc) is 3.24. The van der Waals surface area contributed by atoms with Gasteiger partial charge in [0, 0.05) is 42.6 Å². The Hall–Kier alpha value is -3.66. The number of benzene rings is 2. The summed E-state index contributed by atoms with van der Waals surface area (Å²) in [5, 5.41) is 10.2. The first-order valence-electron chi connectivity index (χ1n) is 14.3. The molecule has 2 aromatic rings. The maximum atomic E-state index is 14.4. The first-order valence-corrected chi connectivity index (χ1v) is 14.7. The summed E-state index contributed by atoms with van der Waals surface area (Å²) in [6.07, 6.45) is 7.69. The van der Waals surface area contributed by atoms with Gasteiger partial charge in [-0.25, -0.2) is 0 Å². The second-order valence-corrected chi connectivity index (χ2v) is 11.6. The number of anilines is 2. The molecule has 0 saturated carbocycles. The molecule has 4 heterocycles. The van der Waals surface area contributed by atoms with Crippen LogP contribution in [0.3, 0.4) is 0 Å². The number of aliphatic hydroxyl groups excluding tert-OH is 1. The molecule has 4 aliphatic rings. The molecule has 0 bridgehead atoms. The number of likely N-dealkylation sites (tertiary alicyclic amines) is 1. The molecule has 1 unspecified atom stereocenters. The smallest absolute Gasteiger partial charge is 0.253 e. The third-order valence-corrected chi connectivity index (χ3v) is 8.96. The number of hydrogen-bond donors (Lipinski definition) is 1. The average molecular weight is 592 g/mol. The SMILES string of the molecule is CCOc1ccc(N2CC=C[C@]3(C)O[C@]45C=CCN(c6ccc(Cl)cc6)C(=O)C4N(CCCO)C(=O)[C@@H]5[C@@H]3C2=O)cc1. The number of carbonyl (C=O) groups is 3. The summed E-state index contributed by atoms with van der Waals surface area (Å²) in [4.78, 5) is 47.9. The summed E-state index contributed by atoms with van der Waals surface area (Å²) in [5.74, 6) is -1.99. The van der Waals surface area contributed by atoms with Crippen molar-refractivity contribution in [2.45, 2.75) is 37.5 Å². The predicted molar refractivity (Wildman–Crippen MR) is 158 cm³/mol. The van der Waals surface area contributed by atoms with E-state index in [1.165, 1.54) is 4.90 Å². The van der Waals surface area contributed by atoms with Crippen molar-refractivity contribution in [2.24, 2.45) is 11.8 Å². The molecule has 6 rings (SSSR count). The van der Waals surface area contributed by atoms with E-state index in [2.05, 4.69) is 0 Å². The van der Waals surface area contributed by atoms with E-state index in [0.717, 1.165) is 0 Å². The van der Waals surface area contributed by atoms with Gasteiger partial charge in [0.05, 0.1) is 24.0 Å². The van der Waals surface area contributed by atoms with Gasteiger partial charge in [-0.05, 0) is 68.8 Å². The molecule has 1 spiro atoms. The van der Waals surface area contributed by atoms with Crippen molar-refractivity contribution in [3.8, 4) is 5.75 Å². The van der Waals surface area contributed by atoms with Gasteiger partial charge in [-0.3, -0.25) is 14.4 Å². The standard InChI is InChI=1S/C32H34ClN3O6/c1-3-41-24-13-11-23(12-14-24)34-17-4-15-31(2)25(28(34)38)26-29(39)36(19-6-20-37)27-30(40)35(18-5-16-32(26,27)42-31)22-9-7-21(33)8-10-22/h4-5,7-16,25-27,37H,3,6,17-20H2,1-2H3/t25-,26+,27?,31+,32+/m1/s1. The first-order chi connectivity index (χ1) is 20.2. The normalized spacial score (nSPS) is 30.2. The summed E-state index contributed by atoms with van der Waals surface area (Å²) < 4.78 is 12.4. The largest absolute Gasteiger partial charge is 0.494 e. The van der Waals surface area contributed by atoms with E-state index in [4.69, 9.17) is 21.1 Å². The Morgan fingerprint density at radius 2 is 1.52 bits per heavy atom. The molecular formula is C32H34ClN3O6. The quantitative estimate of drug-likeness (QED) is 0.494. The van der Waals surface area contributed by atoms with Crippen LogP contribution in [0.15, 0.2) is 72.8 Å². The number of halogens is 1. The molecule has 0 radical (unpaired) electrons. The molecule has 1 N–H and O–H groups in total. The van der Waals surface area contributed by atoms with Crippen molar-refractivity contribution in [1.29, 1.82) is 0 Å². The van der Waals surface area contributed by atoms with Gasteiger partial charge in [0.25, 0.3) is 5.91 Å². The number of carbonyl (C=O) groups excluding carboxylic acids is 3. The fourth-order valence-electron chi connectivity index (χ4n) is 6.98. The van der Waals surface area contributed by atoms with E-state index >= 15 is 0 Å². The van der Waals surface area contributed by atoms with Gasteiger partial charge in [-0.1, -0.05) is 35.9 Å². The van der Waals surface area contributed by atoms with Crippen LogP contribution in [0.25, 0.3) is 0 Å².